The van der Waals surface area contributed by atoms with Gasteiger partial charge >= 0.3 is 0 Å². The summed E-state index contributed by atoms with van der Waals surface area (Å²) < 4.78 is 0. The van der Waals surface area contributed by atoms with Gasteiger partial charge in [-0.1, -0.05) is 37.3 Å². The second-order valence-corrected chi connectivity index (χ2v) is 5.45. The van der Waals surface area contributed by atoms with E-state index in [0.29, 0.717) is 0 Å². The van der Waals surface area contributed by atoms with E-state index in [1.807, 2.05) is 18.2 Å². The van der Waals surface area contributed by atoms with Crippen LogP contribution in [-0.4, -0.2) is 34.5 Å². The smallest absolute Gasteiger partial charge is 0.0989 e. The number of hydrogen-bond donors (Lipinski definition) is 3. The molecule has 2 aliphatic rings. The van der Waals surface area contributed by atoms with Crippen molar-refractivity contribution in [1.29, 1.82) is 0 Å². The van der Waals surface area contributed by atoms with E-state index in [9.17, 15) is 10.2 Å². The normalized spacial score (nSPS) is 41.7. The van der Waals surface area contributed by atoms with Gasteiger partial charge in [0.05, 0.1) is 17.7 Å². The van der Waals surface area contributed by atoms with E-state index >= 15 is 0 Å². The van der Waals surface area contributed by atoms with Crippen LogP contribution >= 0.6 is 0 Å². The zero-order chi connectivity index (χ0) is 12.0. The summed E-state index contributed by atoms with van der Waals surface area (Å²) in [5.74, 6) is 0.414. The molecule has 1 saturated carbocycles. The minimum absolute atomic E-state index is 0.205. The van der Waals surface area contributed by atoms with Crippen molar-refractivity contribution in [3.8, 4) is 0 Å². The lowest BCUT2D eigenvalue weighted by atomic mass is 9.78. The first-order valence-electron chi connectivity index (χ1n) is 6.31. The highest BCUT2D eigenvalue weighted by Gasteiger charge is 2.59. The average molecular weight is 233 g/mol. The maximum absolute atomic E-state index is 10.3. The lowest BCUT2D eigenvalue weighted by Gasteiger charge is -2.40. The number of hydrogen-bond acceptors (Lipinski definition) is 3. The summed E-state index contributed by atoms with van der Waals surface area (Å²) in [6.45, 7) is 2.95. The Morgan fingerprint density at radius 3 is 2.59 bits per heavy atom. The fourth-order valence-electron chi connectivity index (χ4n) is 3.55. The van der Waals surface area contributed by atoms with Crippen molar-refractivity contribution in [3.05, 3.63) is 35.9 Å². The van der Waals surface area contributed by atoms with Crippen LogP contribution in [0.2, 0.25) is 0 Å². The van der Waals surface area contributed by atoms with Crippen molar-refractivity contribution < 1.29 is 10.2 Å². The molecule has 1 aromatic carbocycles. The number of piperidine rings is 1. The van der Waals surface area contributed by atoms with Gasteiger partial charge in [-0.2, -0.15) is 0 Å². The molecule has 0 aromatic heterocycles. The van der Waals surface area contributed by atoms with Gasteiger partial charge < -0.3 is 15.5 Å². The van der Waals surface area contributed by atoms with Crippen molar-refractivity contribution in [3.63, 3.8) is 0 Å². The molecule has 0 spiro atoms. The summed E-state index contributed by atoms with van der Waals surface area (Å²) in [5.41, 5.74) is 0.875. The van der Waals surface area contributed by atoms with E-state index in [0.717, 1.165) is 13.0 Å². The van der Waals surface area contributed by atoms with E-state index in [2.05, 4.69) is 24.4 Å². The van der Waals surface area contributed by atoms with Crippen LogP contribution in [0.1, 0.15) is 24.8 Å². The van der Waals surface area contributed by atoms with Gasteiger partial charge in [-0.15, -0.1) is 0 Å². The first-order chi connectivity index (χ1) is 8.15. The first-order valence-corrected chi connectivity index (χ1v) is 6.31. The fourth-order valence-corrected chi connectivity index (χ4v) is 3.55. The van der Waals surface area contributed by atoms with Crippen LogP contribution in [0.25, 0.3) is 0 Å². The highest BCUT2D eigenvalue weighted by Crippen LogP contribution is 2.48. The topological polar surface area (TPSA) is 52.5 Å². The van der Waals surface area contributed by atoms with E-state index < -0.39 is 12.2 Å². The molecular formula is C14H19NO2. The van der Waals surface area contributed by atoms with Crippen LogP contribution in [0.3, 0.4) is 0 Å². The van der Waals surface area contributed by atoms with Gasteiger partial charge in [0.1, 0.15) is 0 Å². The second kappa shape index (κ2) is 3.80. The summed E-state index contributed by atoms with van der Waals surface area (Å²) in [6, 6.07) is 10.2. The molecule has 0 amide bonds. The Balaban J connectivity index is 1.94. The SMILES string of the molecule is CC(c1ccccc1)C12CC(CN1)[C@H](O)[C@@H]2O. The van der Waals surface area contributed by atoms with Crippen molar-refractivity contribution in [2.45, 2.75) is 37.0 Å². The molecule has 2 bridgehead atoms. The molecule has 3 nitrogen and oxygen atoms in total. The lowest BCUT2D eigenvalue weighted by molar-refractivity contribution is -0.0364. The number of nitrogens with one attached hydrogen (secondary N) is 1. The quantitative estimate of drug-likeness (QED) is 0.710. The summed E-state index contributed by atoms with van der Waals surface area (Å²) in [6.07, 6.45) is -0.357. The molecule has 3 heteroatoms. The van der Waals surface area contributed by atoms with Crippen LogP contribution in [0.15, 0.2) is 30.3 Å². The van der Waals surface area contributed by atoms with E-state index in [-0.39, 0.29) is 17.4 Å². The third-order valence-electron chi connectivity index (χ3n) is 4.70. The molecule has 2 fully saturated rings. The molecule has 0 radical (unpaired) electrons. The molecule has 5 atom stereocenters. The standard InChI is InChI=1S/C14H19NO2/c1-9(10-5-3-2-4-6-10)14-7-11(8-15-14)12(16)13(14)17/h2-6,9,11-13,15-17H,7-8H2,1H3/t9?,11?,12-,13-,14?/m0/s1. The lowest BCUT2D eigenvalue weighted by Crippen LogP contribution is -2.58. The Kier molecular flexibility index (Phi) is 2.51. The predicted octanol–water partition coefficient (Wildman–Crippen LogP) is 0.874. The number of aliphatic hydroxyl groups is 2. The molecule has 1 aliphatic heterocycles. The van der Waals surface area contributed by atoms with E-state index in [4.69, 9.17) is 0 Å². The van der Waals surface area contributed by atoms with Crippen LogP contribution < -0.4 is 5.32 Å². The van der Waals surface area contributed by atoms with E-state index in [1.165, 1.54) is 5.56 Å². The molecule has 1 heterocycles. The monoisotopic (exact) mass is 233 g/mol. The van der Waals surface area contributed by atoms with Crippen LogP contribution in [-0.2, 0) is 0 Å². The van der Waals surface area contributed by atoms with Crippen molar-refractivity contribution in [2.75, 3.05) is 6.54 Å². The van der Waals surface area contributed by atoms with Crippen molar-refractivity contribution >= 4 is 0 Å². The number of aliphatic hydroxyl groups excluding tert-OH is 2. The van der Waals surface area contributed by atoms with Gasteiger partial charge in [-0.25, -0.2) is 0 Å². The Labute approximate surface area is 101 Å². The number of rotatable bonds is 2. The average Bonchev–Trinajstić information content (AvgIpc) is 2.91. The van der Waals surface area contributed by atoms with Gasteiger partial charge in [0, 0.05) is 18.4 Å². The summed E-state index contributed by atoms with van der Waals surface area (Å²) in [4.78, 5) is 0. The molecule has 3 unspecified atom stereocenters. The fraction of sp³-hybridized carbons (Fsp3) is 0.571. The second-order valence-electron chi connectivity index (χ2n) is 5.45. The summed E-state index contributed by atoms with van der Waals surface area (Å²) in [5, 5.41) is 23.7. The highest BCUT2D eigenvalue weighted by atomic mass is 16.3. The van der Waals surface area contributed by atoms with Crippen LogP contribution in [0.5, 0.6) is 0 Å². The Bertz CT molecular complexity index is 408. The third-order valence-corrected chi connectivity index (χ3v) is 4.70. The number of benzene rings is 1. The van der Waals surface area contributed by atoms with Gasteiger partial charge in [-0.05, 0) is 12.0 Å². The van der Waals surface area contributed by atoms with Gasteiger partial charge in [0.2, 0.25) is 0 Å². The molecular weight excluding hydrogens is 214 g/mol. The van der Waals surface area contributed by atoms with Crippen LogP contribution in [0.4, 0.5) is 0 Å². The zero-order valence-corrected chi connectivity index (χ0v) is 10.0. The molecule has 1 saturated heterocycles. The molecule has 3 N–H and O–H groups in total. The molecule has 1 aromatic rings. The summed E-state index contributed by atoms with van der Waals surface area (Å²) >= 11 is 0. The molecule has 1 aliphatic carbocycles. The third kappa shape index (κ3) is 1.46. The zero-order valence-electron chi connectivity index (χ0n) is 10.0. The Hall–Kier alpha value is -0.900. The maximum Gasteiger partial charge on any atom is 0.0989 e. The van der Waals surface area contributed by atoms with Crippen LogP contribution in [0, 0.1) is 5.92 Å². The van der Waals surface area contributed by atoms with Gasteiger partial charge in [0.15, 0.2) is 0 Å². The van der Waals surface area contributed by atoms with Gasteiger partial charge in [0.25, 0.3) is 0 Å². The molecule has 92 valence electrons. The first kappa shape index (κ1) is 11.2. The minimum Gasteiger partial charge on any atom is -0.390 e. The molecule has 17 heavy (non-hydrogen) atoms. The minimum atomic E-state index is -0.656. The molecule has 3 rings (SSSR count). The predicted molar refractivity (Wildman–Crippen MR) is 65.7 cm³/mol. The largest absolute Gasteiger partial charge is 0.390 e. The number of fused-ring (bicyclic) bond motifs is 2. The maximum atomic E-state index is 10.3. The van der Waals surface area contributed by atoms with Gasteiger partial charge in [-0.3, -0.25) is 0 Å². The summed E-state index contributed by atoms with van der Waals surface area (Å²) in [7, 11) is 0. The van der Waals surface area contributed by atoms with Crippen molar-refractivity contribution in [2.24, 2.45) is 5.92 Å². The Morgan fingerprint density at radius 2 is 2.00 bits per heavy atom. The van der Waals surface area contributed by atoms with E-state index in [1.54, 1.807) is 0 Å². The van der Waals surface area contributed by atoms with Crippen molar-refractivity contribution in [1.82, 2.24) is 5.32 Å². The Morgan fingerprint density at radius 1 is 1.29 bits per heavy atom. The highest BCUT2D eigenvalue weighted by molar-refractivity contribution is 5.28.